The summed E-state index contributed by atoms with van der Waals surface area (Å²) in [6, 6.07) is 11.5. The van der Waals surface area contributed by atoms with E-state index >= 15 is 0 Å². The van der Waals surface area contributed by atoms with E-state index in [1.54, 1.807) is 24.4 Å². The Morgan fingerprint density at radius 1 is 1.14 bits per heavy atom. The molecule has 2 N–H and O–H groups in total. The zero-order chi connectivity index (χ0) is 25.9. The average Bonchev–Trinajstić information content (AvgIpc) is 2.81. The van der Waals surface area contributed by atoms with Gasteiger partial charge in [-0.15, -0.1) is 12.4 Å². The van der Waals surface area contributed by atoms with E-state index in [0.29, 0.717) is 33.4 Å². The number of carbonyl (C=O) groups excluding carboxylic acids is 1. The van der Waals surface area contributed by atoms with Gasteiger partial charge < -0.3 is 15.4 Å². The summed E-state index contributed by atoms with van der Waals surface area (Å²) in [5, 5.41) is 9.58. The molecule has 37 heavy (non-hydrogen) atoms. The number of piperidine rings is 1. The molecule has 1 spiro atoms. The third-order valence-corrected chi connectivity index (χ3v) is 9.01. The van der Waals surface area contributed by atoms with Crippen molar-refractivity contribution in [1.82, 2.24) is 9.88 Å². The van der Waals surface area contributed by atoms with Crippen molar-refractivity contribution in [3.8, 4) is 11.8 Å². The van der Waals surface area contributed by atoms with Crippen LogP contribution < -0.4 is 15.4 Å². The number of hydrogen-bond donors (Lipinski definition) is 1. The molecule has 0 unspecified atom stereocenters. The first-order valence-electron chi connectivity index (χ1n) is 12.6. The number of pyridine rings is 1. The van der Waals surface area contributed by atoms with Gasteiger partial charge in [0.2, 0.25) is 5.91 Å². The number of hydrogen-bond acceptors (Lipinski definition) is 6. The van der Waals surface area contributed by atoms with Crippen LogP contribution in [0.2, 0.25) is 5.02 Å². The van der Waals surface area contributed by atoms with Crippen LogP contribution in [0.15, 0.2) is 36.5 Å². The van der Waals surface area contributed by atoms with E-state index in [-0.39, 0.29) is 29.3 Å². The van der Waals surface area contributed by atoms with Gasteiger partial charge >= 0.3 is 0 Å². The van der Waals surface area contributed by atoms with Crippen LogP contribution in [0, 0.1) is 27.6 Å². The van der Waals surface area contributed by atoms with Gasteiger partial charge in [-0.1, -0.05) is 39.3 Å². The number of carbonyl (C=O) groups is 1. The molecule has 5 rings (SSSR count). The van der Waals surface area contributed by atoms with Crippen molar-refractivity contribution in [3.63, 3.8) is 0 Å². The number of benzene rings is 1. The lowest BCUT2D eigenvalue weighted by atomic mass is 9.47. The molecule has 3 heterocycles. The Balaban J connectivity index is 0.00000320. The molecule has 1 aliphatic carbocycles. The highest BCUT2D eigenvalue weighted by molar-refractivity contribution is 6.31. The quantitative estimate of drug-likeness (QED) is 0.575. The Hall–Kier alpha value is -2.53. The monoisotopic (exact) mass is 543 g/mol. The molecule has 1 aromatic carbocycles. The number of aromatic nitrogens is 1. The predicted molar refractivity (Wildman–Crippen MR) is 147 cm³/mol. The summed E-state index contributed by atoms with van der Waals surface area (Å²) in [5.74, 6) is 1.18. The van der Waals surface area contributed by atoms with Crippen molar-refractivity contribution < 1.29 is 9.53 Å². The van der Waals surface area contributed by atoms with Crippen molar-refractivity contribution in [2.75, 3.05) is 31.1 Å². The van der Waals surface area contributed by atoms with Crippen molar-refractivity contribution in [2.24, 2.45) is 22.0 Å². The number of ether oxygens (including phenoxy) is 1. The average molecular weight is 545 g/mol. The molecule has 2 saturated heterocycles. The lowest BCUT2D eigenvalue weighted by Crippen LogP contribution is -2.79. The maximum absolute atomic E-state index is 11.3. The largest absolute Gasteiger partial charge is 0.489 e. The number of rotatable bonds is 5. The fraction of sp³-hybridized carbons (Fsp3) is 0.536. The number of nitrogens with zero attached hydrogens (tertiary/aromatic N) is 4. The van der Waals surface area contributed by atoms with Crippen LogP contribution in [-0.2, 0) is 0 Å². The Morgan fingerprint density at radius 2 is 1.78 bits per heavy atom. The third kappa shape index (κ3) is 4.65. The molecular formula is C28H35Cl2N5O2. The van der Waals surface area contributed by atoms with Crippen LogP contribution in [0.4, 0.5) is 5.82 Å². The summed E-state index contributed by atoms with van der Waals surface area (Å²) in [7, 11) is 0. The van der Waals surface area contributed by atoms with E-state index in [0.717, 1.165) is 44.8 Å². The molecule has 3 fully saturated rings. The Morgan fingerprint density at radius 3 is 2.30 bits per heavy atom. The molecule has 3 aliphatic rings. The van der Waals surface area contributed by atoms with E-state index in [1.807, 2.05) is 12.1 Å². The molecule has 1 aromatic heterocycles. The first-order valence-corrected chi connectivity index (χ1v) is 13.0. The summed E-state index contributed by atoms with van der Waals surface area (Å²) in [4.78, 5) is 20.7. The molecule has 0 atom stereocenters. The highest BCUT2D eigenvalue weighted by Gasteiger charge is 2.67. The predicted octanol–water partition coefficient (Wildman–Crippen LogP) is 4.91. The molecule has 198 valence electrons. The van der Waals surface area contributed by atoms with E-state index in [2.05, 4.69) is 48.5 Å². The molecule has 9 heteroatoms. The summed E-state index contributed by atoms with van der Waals surface area (Å²) in [5.41, 5.74) is 6.57. The van der Waals surface area contributed by atoms with Crippen LogP contribution in [0.25, 0.3) is 0 Å². The van der Waals surface area contributed by atoms with E-state index in [1.165, 1.54) is 0 Å². The molecule has 1 amide bonds. The first-order chi connectivity index (χ1) is 17.0. The zero-order valence-corrected chi connectivity index (χ0v) is 23.4. The van der Waals surface area contributed by atoms with Gasteiger partial charge in [-0.25, -0.2) is 4.98 Å². The molecule has 0 bridgehead atoms. The molecule has 7 nitrogen and oxygen atoms in total. The topological polar surface area (TPSA) is 95.5 Å². The zero-order valence-electron chi connectivity index (χ0n) is 21.8. The minimum Gasteiger partial charge on any atom is -0.489 e. The van der Waals surface area contributed by atoms with E-state index in [4.69, 9.17) is 27.3 Å². The number of nitrogens with two attached hydrogens (primary N) is 1. The SMILES string of the molecule is CC1(C)C(Oc2ccc(C#N)c(Cl)c2)C(C)(C)C1N1CC2(CCN(c3ccc(C(N)=O)cn3)CC2)C1.Cl. The van der Waals surface area contributed by atoms with Crippen molar-refractivity contribution in [3.05, 3.63) is 52.7 Å². The number of primary amides is 1. The molecule has 2 aromatic rings. The Kier molecular flexibility index (Phi) is 7.17. The first kappa shape index (κ1) is 27.5. The van der Waals surface area contributed by atoms with Crippen LogP contribution in [0.5, 0.6) is 5.75 Å². The third-order valence-electron chi connectivity index (χ3n) is 8.70. The minimum absolute atomic E-state index is 0. The normalized spacial score (nSPS) is 25.2. The Labute approximate surface area is 230 Å². The lowest BCUT2D eigenvalue weighted by Gasteiger charge is -2.70. The van der Waals surface area contributed by atoms with Gasteiger partial charge in [-0.05, 0) is 42.5 Å². The molecule has 1 saturated carbocycles. The summed E-state index contributed by atoms with van der Waals surface area (Å²) in [6.07, 6.45) is 3.89. The van der Waals surface area contributed by atoms with Crippen molar-refractivity contribution in [2.45, 2.75) is 52.7 Å². The summed E-state index contributed by atoms with van der Waals surface area (Å²) < 4.78 is 6.47. The highest BCUT2D eigenvalue weighted by atomic mass is 35.5. The second-order valence-electron chi connectivity index (χ2n) is 12.0. The van der Waals surface area contributed by atoms with Crippen molar-refractivity contribution in [1.29, 1.82) is 5.26 Å². The fourth-order valence-electron chi connectivity index (χ4n) is 7.39. The van der Waals surface area contributed by atoms with E-state index < -0.39 is 5.91 Å². The molecule has 2 aliphatic heterocycles. The lowest BCUT2D eigenvalue weighted by molar-refractivity contribution is -0.242. The number of nitriles is 1. The second kappa shape index (κ2) is 9.65. The van der Waals surface area contributed by atoms with Gasteiger partial charge in [0.15, 0.2) is 0 Å². The number of amides is 1. The standard InChI is InChI=1S/C28H34ClN5O2.ClH/c1-26(2)24(27(3,4)25(26)36-20-7-5-18(14-30)21(29)13-20)34-16-28(17-34)9-11-33(12-10-28)22-8-6-19(15-32-22)23(31)35;/h5-8,13,15,24-25H,9-12,16-17H2,1-4H3,(H2,31,35);1H. The van der Waals surface area contributed by atoms with Crippen LogP contribution >= 0.6 is 24.0 Å². The molecular weight excluding hydrogens is 509 g/mol. The number of likely N-dealkylation sites (tertiary alicyclic amines) is 1. The molecule has 0 radical (unpaired) electrons. The summed E-state index contributed by atoms with van der Waals surface area (Å²) in [6.45, 7) is 13.4. The van der Waals surface area contributed by atoms with E-state index in [9.17, 15) is 4.79 Å². The van der Waals surface area contributed by atoms with Gasteiger partial charge in [0.1, 0.15) is 23.7 Å². The summed E-state index contributed by atoms with van der Waals surface area (Å²) >= 11 is 6.24. The van der Waals surface area contributed by atoms with Crippen LogP contribution in [-0.4, -0.2) is 54.1 Å². The van der Waals surface area contributed by atoms with Gasteiger partial charge in [0, 0.05) is 55.3 Å². The van der Waals surface area contributed by atoms with Crippen LogP contribution in [0.1, 0.15) is 56.5 Å². The number of anilines is 1. The number of halogens is 2. The highest BCUT2D eigenvalue weighted by Crippen LogP contribution is 2.60. The van der Waals surface area contributed by atoms with Crippen molar-refractivity contribution >= 4 is 35.7 Å². The smallest absolute Gasteiger partial charge is 0.250 e. The van der Waals surface area contributed by atoms with Gasteiger partial charge in [0.25, 0.3) is 0 Å². The minimum atomic E-state index is -0.448. The van der Waals surface area contributed by atoms with Gasteiger partial charge in [-0.2, -0.15) is 5.26 Å². The maximum atomic E-state index is 11.3. The van der Waals surface area contributed by atoms with Gasteiger partial charge in [0.05, 0.1) is 16.1 Å². The second-order valence-corrected chi connectivity index (χ2v) is 12.4. The fourth-order valence-corrected chi connectivity index (χ4v) is 7.60. The van der Waals surface area contributed by atoms with Crippen LogP contribution in [0.3, 0.4) is 0 Å². The maximum Gasteiger partial charge on any atom is 0.250 e. The van der Waals surface area contributed by atoms with Gasteiger partial charge in [-0.3, -0.25) is 9.69 Å². The Bertz CT molecular complexity index is 1190.